The molecule has 0 bridgehead atoms. The number of rotatable bonds is 5. The van der Waals surface area contributed by atoms with Crippen molar-refractivity contribution in [3.05, 3.63) is 83.9 Å². The molecule has 3 aromatic carbocycles. The van der Waals surface area contributed by atoms with E-state index in [1.54, 1.807) is 72.8 Å². The van der Waals surface area contributed by atoms with Crippen LogP contribution in [0.15, 0.2) is 72.8 Å². The van der Waals surface area contributed by atoms with Gasteiger partial charge in [0.05, 0.1) is 16.8 Å². The van der Waals surface area contributed by atoms with Gasteiger partial charge >= 0.3 is 5.97 Å². The summed E-state index contributed by atoms with van der Waals surface area (Å²) < 4.78 is 5.24. The fraction of sp³-hybridized carbons (Fsp3) is 0.0870. The molecule has 1 atom stereocenters. The van der Waals surface area contributed by atoms with Crippen LogP contribution >= 0.6 is 0 Å². The number of aromatic hydroxyl groups is 1. The molecule has 6 heteroatoms. The minimum Gasteiger partial charge on any atom is -0.508 e. The van der Waals surface area contributed by atoms with Crippen LogP contribution in [0.25, 0.3) is 11.1 Å². The van der Waals surface area contributed by atoms with Crippen molar-refractivity contribution in [3.63, 3.8) is 0 Å². The van der Waals surface area contributed by atoms with E-state index < -0.39 is 18.0 Å². The number of carbonyl (C=O) groups excluding carboxylic acids is 2. The first-order chi connectivity index (χ1) is 14.0. The zero-order chi connectivity index (χ0) is 20.8. The highest BCUT2D eigenvalue weighted by molar-refractivity contribution is 5.98. The number of hydrogen-bond donors (Lipinski definition) is 2. The summed E-state index contributed by atoms with van der Waals surface area (Å²) in [6.07, 6.45) is -1.04. The Bertz CT molecular complexity index is 1070. The van der Waals surface area contributed by atoms with Gasteiger partial charge in [-0.15, -0.1) is 0 Å². The van der Waals surface area contributed by atoms with Crippen LogP contribution in [-0.2, 0) is 9.53 Å². The lowest BCUT2D eigenvalue weighted by molar-refractivity contribution is -0.123. The van der Waals surface area contributed by atoms with Gasteiger partial charge in [0.15, 0.2) is 6.10 Å². The maximum Gasteiger partial charge on any atom is 0.338 e. The van der Waals surface area contributed by atoms with Crippen LogP contribution in [0.4, 0.5) is 5.69 Å². The molecule has 0 spiro atoms. The highest BCUT2D eigenvalue weighted by atomic mass is 16.5. The molecule has 1 amide bonds. The highest BCUT2D eigenvalue weighted by Gasteiger charge is 2.20. The third-order valence-electron chi connectivity index (χ3n) is 4.28. The highest BCUT2D eigenvalue weighted by Crippen LogP contribution is 2.22. The molecule has 0 saturated heterocycles. The second-order valence-electron chi connectivity index (χ2n) is 6.32. The van der Waals surface area contributed by atoms with Crippen molar-refractivity contribution in [2.45, 2.75) is 13.0 Å². The van der Waals surface area contributed by atoms with Crippen molar-refractivity contribution < 1.29 is 19.4 Å². The second kappa shape index (κ2) is 8.72. The summed E-state index contributed by atoms with van der Waals surface area (Å²) in [5.41, 5.74) is 2.77. The third-order valence-corrected chi connectivity index (χ3v) is 4.28. The zero-order valence-corrected chi connectivity index (χ0v) is 15.6. The van der Waals surface area contributed by atoms with Crippen LogP contribution in [0.5, 0.6) is 5.75 Å². The van der Waals surface area contributed by atoms with Crippen LogP contribution in [0.2, 0.25) is 0 Å². The van der Waals surface area contributed by atoms with E-state index in [0.29, 0.717) is 16.8 Å². The number of benzene rings is 3. The molecular weight excluding hydrogens is 368 g/mol. The molecule has 6 nitrogen and oxygen atoms in total. The van der Waals surface area contributed by atoms with Crippen molar-refractivity contribution in [2.75, 3.05) is 5.32 Å². The molecular formula is C23H18N2O4. The predicted octanol–water partition coefficient (Wildman–Crippen LogP) is 4.11. The molecule has 0 radical (unpaired) electrons. The number of carbonyl (C=O) groups is 2. The maximum absolute atomic E-state index is 12.3. The molecule has 3 rings (SSSR count). The summed E-state index contributed by atoms with van der Waals surface area (Å²) in [6.45, 7) is 1.47. The van der Waals surface area contributed by atoms with Gasteiger partial charge in [0.1, 0.15) is 11.8 Å². The first kappa shape index (κ1) is 19.6. The first-order valence-corrected chi connectivity index (χ1v) is 8.88. The van der Waals surface area contributed by atoms with E-state index in [0.717, 1.165) is 11.1 Å². The third kappa shape index (κ3) is 4.79. The van der Waals surface area contributed by atoms with Gasteiger partial charge in [-0.25, -0.2) is 4.79 Å². The maximum atomic E-state index is 12.3. The Balaban J connectivity index is 1.64. The Morgan fingerprint density at radius 1 is 0.966 bits per heavy atom. The summed E-state index contributed by atoms with van der Waals surface area (Å²) >= 11 is 0. The first-order valence-electron chi connectivity index (χ1n) is 8.88. The van der Waals surface area contributed by atoms with Crippen LogP contribution in [-0.4, -0.2) is 23.1 Å². The Morgan fingerprint density at radius 2 is 1.55 bits per heavy atom. The fourth-order valence-electron chi connectivity index (χ4n) is 2.66. The summed E-state index contributed by atoms with van der Waals surface area (Å²) in [5, 5.41) is 21.0. The van der Waals surface area contributed by atoms with E-state index in [1.807, 2.05) is 6.07 Å². The summed E-state index contributed by atoms with van der Waals surface area (Å²) in [7, 11) is 0. The summed E-state index contributed by atoms with van der Waals surface area (Å²) in [6, 6.07) is 22.0. The van der Waals surface area contributed by atoms with Gasteiger partial charge in [-0.3, -0.25) is 4.79 Å². The fourth-order valence-corrected chi connectivity index (χ4v) is 2.66. The molecule has 29 heavy (non-hydrogen) atoms. The molecule has 0 fully saturated rings. The lowest BCUT2D eigenvalue weighted by Gasteiger charge is -2.14. The molecule has 2 N–H and O–H groups in total. The topological polar surface area (TPSA) is 99.4 Å². The molecule has 0 aliphatic rings. The number of nitrogens with one attached hydrogen (secondary N) is 1. The average Bonchev–Trinajstić information content (AvgIpc) is 2.74. The largest absolute Gasteiger partial charge is 0.508 e. The molecule has 3 aromatic rings. The number of anilines is 1. The van der Waals surface area contributed by atoms with E-state index in [9.17, 15) is 14.7 Å². The van der Waals surface area contributed by atoms with Crippen LogP contribution in [0.1, 0.15) is 22.8 Å². The Morgan fingerprint density at radius 3 is 2.17 bits per heavy atom. The van der Waals surface area contributed by atoms with E-state index in [1.165, 1.54) is 6.92 Å². The van der Waals surface area contributed by atoms with E-state index >= 15 is 0 Å². The number of hydrogen-bond acceptors (Lipinski definition) is 5. The van der Waals surface area contributed by atoms with Crippen molar-refractivity contribution in [3.8, 4) is 22.9 Å². The Labute approximate surface area is 168 Å². The van der Waals surface area contributed by atoms with Crippen LogP contribution in [0, 0.1) is 11.3 Å². The van der Waals surface area contributed by atoms with E-state index in [2.05, 4.69) is 5.32 Å². The Kier molecular flexibility index (Phi) is 5.91. The monoisotopic (exact) mass is 386 g/mol. The smallest absolute Gasteiger partial charge is 0.338 e. The predicted molar refractivity (Wildman–Crippen MR) is 108 cm³/mol. The molecule has 144 valence electrons. The van der Waals surface area contributed by atoms with Crippen molar-refractivity contribution in [1.82, 2.24) is 0 Å². The summed E-state index contributed by atoms with van der Waals surface area (Å²) in [4.78, 5) is 24.6. The second-order valence-corrected chi connectivity index (χ2v) is 6.32. The van der Waals surface area contributed by atoms with Crippen LogP contribution in [0.3, 0.4) is 0 Å². The average molecular weight is 386 g/mol. The van der Waals surface area contributed by atoms with Gasteiger partial charge in [-0.2, -0.15) is 5.26 Å². The number of nitrogens with zero attached hydrogens (tertiary/aromatic N) is 1. The SMILES string of the molecule is C[C@H](OC(=O)c1ccc(-c2ccc(O)cc2)cc1)C(=O)Nc1ccccc1C#N. The lowest BCUT2D eigenvalue weighted by Crippen LogP contribution is -2.30. The minimum absolute atomic E-state index is 0.179. The number of nitriles is 1. The lowest BCUT2D eigenvalue weighted by atomic mass is 10.0. The number of phenols is 1. The molecule has 0 aromatic heterocycles. The zero-order valence-electron chi connectivity index (χ0n) is 15.6. The molecule has 0 unspecified atom stereocenters. The number of esters is 1. The van der Waals surface area contributed by atoms with Crippen molar-refractivity contribution in [2.24, 2.45) is 0 Å². The van der Waals surface area contributed by atoms with Gasteiger partial charge in [-0.1, -0.05) is 36.4 Å². The molecule has 0 heterocycles. The van der Waals surface area contributed by atoms with Gasteiger partial charge in [0.2, 0.25) is 0 Å². The van der Waals surface area contributed by atoms with Gasteiger partial charge < -0.3 is 15.2 Å². The number of para-hydroxylation sites is 1. The molecule has 0 aliphatic heterocycles. The summed E-state index contributed by atoms with van der Waals surface area (Å²) in [5.74, 6) is -0.973. The molecule has 0 aliphatic carbocycles. The Hall–Kier alpha value is -4.11. The van der Waals surface area contributed by atoms with E-state index in [4.69, 9.17) is 10.00 Å². The standard InChI is InChI=1S/C23H18N2O4/c1-15(22(27)25-21-5-3-2-4-19(21)14-24)29-23(28)18-8-6-16(7-9-18)17-10-12-20(26)13-11-17/h2-13,15,26H,1H3,(H,25,27)/t15-/m0/s1. The van der Waals surface area contributed by atoms with Crippen molar-refractivity contribution in [1.29, 1.82) is 5.26 Å². The van der Waals surface area contributed by atoms with Gasteiger partial charge in [-0.05, 0) is 54.4 Å². The van der Waals surface area contributed by atoms with E-state index in [-0.39, 0.29) is 5.75 Å². The molecule has 0 saturated carbocycles. The minimum atomic E-state index is -1.04. The number of phenolic OH excluding ortho intramolecular Hbond substituents is 1. The van der Waals surface area contributed by atoms with Crippen LogP contribution < -0.4 is 5.32 Å². The quantitative estimate of drug-likeness (QED) is 0.643. The number of amides is 1. The number of ether oxygens (including phenoxy) is 1. The van der Waals surface area contributed by atoms with Crippen molar-refractivity contribution >= 4 is 17.6 Å². The van der Waals surface area contributed by atoms with Gasteiger partial charge in [0, 0.05) is 0 Å². The van der Waals surface area contributed by atoms with Gasteiger partial charge in [0.25, 0.3) is 5.91 Å². The normalized spacial score (nSPS) is 11.2.